The van der Waals surface area contributed by atoms with E-state index >= 15 is 0 Å². The monoisotopic (exact) mass is 278 g/mol. The second kappa shape index (κ2) is 5.29. The van der Waals surface area contributed by atoms with E-state index in [1.165, 1.54) is 0 Å². The normalized spacial score (nSPS) is 10.1. The second-order valence-corrected chi connectivity index (χ2v) is 4.59. The Morgan fingerprint density at radius 1 is 1.39 bits per heavy atom. The lowest BCUT2D eigenvalue weighted by atomic mass is 10.2. The van der Waals surface area contributed by atoms with Crippen LogP contribution in [0.1, 0.15) is 11.3 Å². The number of aromatic nitrogens is 2. The van der Waals surface area contributed by atoms with Gasteiger partial charge in [-0.25, -0.2) is 9.97 Å². The second-order valence-electron chi connectivity index (χ2n) is 3.74. The van der Waals surface area contributed by atoms with Crippen molar-refractivity contribution in [2.24, 2.45) is 5.73 Å². The summed E-state index contributed by atoms with van der Waals surface area (Å²) in [7, 11) is 0. The van der Waals surface area contributed by atoms with E-state index in [1.54, 1.807) is 12.3 Å². The van der Waals surface area contributed by atoms with E-state index in [1.807, 2.05) is 25.1 Å². The lowest BCUT2D eigenvalue weighted by Gasteiger charge is -2.08. The molecule has 0 aliphatic carbocycles. The number of halogens is 1. The van der Waals surface area contributed by atoms with Crippen LogP contribution >= 0.6 is 23.8 Å². The number of anilines is 2. The van der Waals surface area contributed by atoms with Gasteiger partial charge < -0.3 is 11.1 Å². The fourth-order valence-electron chi connectivity index (χ4n) is 1.41. The first-order chi connectivity index (χ1) is 8.56. The first-order valence-electron chi connectivity index (χ1n) is 5.22. The van der Waals surface area contributed by atoms with Crippen LogP contribution < -0.4 is 11.1 Å². The molecule has 6 heteroatoms. The van der Waals surface area contributed by atoms with Crippen molar-refractivity contribution in [3.63, 3.8) is 0 Å². The lowest BCUT2D eigenvalue weighted by Crippen LogP contribution is -2.12. The van der Waals surface area contributed by atoms with Gasteiger partial charge >= 0.3 is 0 Å². The number of nitrogens with one attached hydrogen (secondary N) is 1. The molecule has 0 atom stereocenters. The zero-order valence-corrected chi connectivity index (χ0v) is 11.2. The van der Waals surface area contributed by atoms with Gasteiger partial charge in [-0.15, -0.1) is 0 Å². The summed E-state index contributed by atoms with van der Waals surface area (Å²) in [5, 5.41) is 3.64. The average Bonchev–Trinajstić information content (AvgIpc) is 2.34. The lowest BCUT2D eigenvalue weighted by molar-refractivity contribution is 1.15. The molecule has 18 heavy (non-hydrogen) atoms. The van der Waals surface area contributed by atoms with Crippen LogP contribution in [0.25, 0.3) is 0 Å². The van der Waals surface area contributed by atoms with Crippen LogP contribution in [-0.2, 0) is 0 Å². The first-order valence-corrected chi connectivity index (χ1v) is 6.01. The van der Waals surface area contributed by atoms with Crippen molar-refractivity contribution in [1.29, 1.82) is 0 Å². The van der Waals surface area contributed by atoms with Crippen molar-refractivity contribution in [1.82, 2.24) is 9.97 Å². The topological polar surface area (TPSA) is 63.8 Å². The van der Waals surface area contributed by atoms with Crippen molar-refractivity contribution in [2.45, 2.75) is 6.92 Å². The SMILES string of the molecule is Cc1ccc(Cl)c(Nc2nccc(C(N)=S)n2)c1. The molecule has 0 saturated heterocycles. The highest BCUT2D eigenvalue weighted by Gasteiger charge is 2.05. The molecule has 1 aromatic heterocycles. The van der Waals surface area contributed by atoms with Crippen LogP contribution in [0.15, 0.2) is 30.5 Å². The van der Waals surface area contributed by atoms with Gasteiger partial charge in [0.2, 0.25) is 5.95 Å². The highest BCUT2D eigenvalue weighted by atomic mass is 35.5. The highest BCUT2D eigenvalue weighted by molar-refractivity contribution is 7.80. The number of thiocarbonyl (C=S) groups is 1. The molecule has 0 fully saturated rings. The summed E-state index contributed by atoms with van der Waals surface area (Å²) in [6.07, 6.45) is 1.59. The predicted molar refractivity (Wildman–Crippen MR) is 77.4 cm³/mol. The Morgan fingerprint density at radius 3 is 2.89 bits per heavy atom. The van der Waals surface area contributed by atoms with Gasteiger partial charge in [-0.3, -0.25) is 0 Å². The number of hydrogen-bond donors (Lipinski definition) is 2. The Kier molecular flexibility index (Phi) is 3.74. The third-order valence-electron chi connectivity index (χ3n) is 2.28. The molecule has 0 aliphatic rings. The average molecular weight is 279 g/mol. The van der Waals surface area contributed by atoms with E-state index < -0.39 is 0 Å². The quantitative estimate of drug-likeness (QED) is 0.845. The summed E-state index contributed by atoms with van der Waals surface area (Å²) in [4.78, 5) is 8.52. The number of nitrogens with zero attached hydrogens (tertiary/aromatic N) is 2. The smallest absolute Gasteiger partial charge is 0.227 e. The van der Waals surface area contributed by atoms with Gasteiger partial charge in [-0.05, 0) is 30.7 Å². The number of hydrogen-bond acceptors (Lipinski definition) is 4. The van der Waals surface area contributed by atoms with Crippen molar-refractivity contribution in [3.8, 4) is 0 Å². The van der Waals surface area contributed by atoms with Crippen LogP contribution in [0.3, 0.4) is 0 Å². The predicted octanol–water partition coefficient (Wildman–Crippen LogP) is 2.82. The summed E-state index contributed by atoms with van der Waals surface area (Å²) in [5.41, 5.74) is 7.87. The molecule has 0 aliphatic heterocycles. The largest absolute Gasteiger partial charge is 0.388 e. The van der Waals surface area contributed by atoms with Crippen LogP contribution in [0.2, 0.25) is 5.02 Å². The van der Waals surface area contributed by atoms with Crippen molar-refractivity contribution < 1.29 is 0 Å². The van der Waals surface area contributed by atoms with E-state index in [4.69, 9.17) is 29.6 Å². The molecule has 1 aromatic carbocycles. The summed E-state index contributed by atoms with van der Waals surface area (Å²) < 4.78 is 0. The zero-order chi connectivity index (χ0) is 13.1. The summed E-state index contributed by atoms with van der Waals surface area (Å²) in [6.45, 7) is 1.98. The standard InChI is InChI=1S/C12H11ClN4S/c1-7-2-3-8(13)10(6-7)17-12-15-5-4-9(16-12)11(14)18/h2-6H,1H3,(H2,14,18)(H,15,16,17). The third kappa shape index (κ3) is 2.94. The Labute approximate surface area is 115 Å². The fraction of sp³-hybridized carbons (Fsp3) is 0.0833. The van der Waals surface area contributed by atoms with Crippen molar-refractivity contribution >= 4 is 40.4 Å². The first kappa shape index (κ1) is 12.7. The van der Waals surface area contributed by atoms with Crippen molar-refractivity contribution in [3.05, 3.63) is 46.7 Å². The number of benzene rings is 1. The summed E-state index contributed by atoms with van der Waals surface area (Å²) in [6, 6.07) is 7.32. The molecule has 0 unspecified atom stereocenters. The third-order valence-corrected chi connectivity index (χ3v) is 2.82. The molecule has 0 spiro atoms. The molecule has 1 heterocycles. The molecule has 2 rings (SSSR count). The maximum Gasteiger partial charge on any atom is 0.227 e. The van der Waals surface area contributed by atoms with Gasteiger partial charge in [0.25, 0.3) is 0 Å². The van der Waals surface area contributed by atoms with Gasteiger partial charge in [0.1, 0.15) is 10.7 Å². The molecule has 0 amide bonds. The molecule has 2 aromatic rings. The van der Waals surface area contributed by atoms with Gasteiger partial charge in [0.05, 0.1) is 10.7 Å². The molecule has 3 N–H and O–H groups in total. The molecular weight excluding hydrogens is 268 g/mol. The number of rotatable bonds is 3. The minimum Gasteiger partial charge on any atom is -0.388 e. The van der Waals surface area contributed by atoms with Crippen LogP contribution in [0.4, 0.5) is 11.6 Å². The van der Waals surface area contributed by atoms with Crippen LogP contribution in [0, 0.1) is 6.92 Å². The molecule has 0 bridgehead atoms. The Hall–Kier alpha value is -1.72. The van der Waals surface area contributed by atoms with Crippen LogP contribution in [0.5, 0.6) is 0 Å². The number of nitrogens with two attached hydrogens (primary N) is 1. The van der Waals surface area contributed by atoms with Gasteiger partial charge in [-0.1, -0.05) is 29.9 Å². The van der Waals surface area contributed by atoms with E-state index in [0.29, 0.717) is 16.7 Å². The molecule has 92 valence electrons. The Bertz CT molecular complexity index is 600. The van der Waals surface area contributed by atoms with Crippen LogP contribution in [-0.4, -0.2) is 15.0 Å². The minimum absolute atomic E-state index is 0.232. The molecule has 4 nitrogen and oxygen atoms in total. The Morgan fingerprint density at radius 2 is 2.17 bits per heavy atom. The van der Waals surface area contributed by atoms with Crippen molar-refractivity contribution in [2.75, 3.05) is 5.32 Å². The summed E-state index contributed by atoms with van der Waals surface area (Å²) >= 11 is 10.9. The van der Waals surface area contributed by atoms with Gasteiger partial charge in [0.15, 0.2) is 0 Å². The maximum absolute atomic E-state index is 6.08. The van der Waals surface area contributed by atoms with E-state index in [0.717, 1.165) is 11.3 Å². The van der Waals surface area contributed by atoms with E-state index in [2.05, 4.69) is 15.3 Å². The van der Waals surface area contributed by atoms with Gasteiger partial charge in [0, 0.05) is 6.20 Å². The minimum atomic E-state index is 0.232. The van der Waals surface area contributed by atoms with Gasteiger partial charge in [-0.2, -0.15) is 0 Å². The zero-order valence-electron chi connectivity index (χ0n) is 9.64. The molecule has 0 saturated carbocycles. The van der Waals surface area contributed by atoms with E-state index in [9.17, 15) is 0 Å². The number of aryl methyl sites for hydroxylation is 1. The maximum atomic E-state index is 6.08. The molecular formula is C12H11ClN4S. The molecule has 0 radical (unpaired) electrons. The summed E-state index contributed by atoms with van der Waals surface area (Å²) in [5.74, 6) is 0.410. The highest BCUT2D eigenvalue weighted by Crippen LogP contribution is 2.24. The fourth-order valence-corrected chi connectivity index (χ4v) is 1.69. The Balaban J connectivity index is 2.31. The van der Waals surface area contributed by atoms with E-state index in [-0.39, 0.29) is 4.99 Å².